The maximum atomic E-state index is 12.4. The summed E-state index contributed by atoms with van der Waals surface area (Å²) in [5, 5.41) is 5.18. The molecule has 0 aliphatic heterocycles. The van der Waals surface area contributed by atoms with Crippen LogP contribution in [-0.2, 0) is 11.3 Å². The maximum absolute atomic E-state index is 12.4. The Labute approximate surface area is 141 Å². The van der Waals surface area contributed by atoms with Gasteiger partial charge in [0.05, 0.1) is 13.0 Å². The first-order chi connectivity index (χ1) is 11.7. The third kappa shape index (κ3) is 3.54. The molecule has 24 heavy (non-hydrogen) atoms. The van der Waals surface area contributed by atoms with Crippen LogP contribution in [0.2, 0.25) is 0 Å². The summed E-state index contributed by atoms with van der Waals surface area (Å²) in [7, 11) is 1.66. The zero-order valence-electron chi connectivity index (χ0n) is 13.8. The van der Waals surface area contributed by atoms with Crippen molar-refractivity contribution in [3.05, 3.63) is 72.1 Å². The lowest BCUT2D eigenvalue weighted by molar-refractivity contribution is -0.122. The molecule has 0 radical (unpaired) electrons. The molecule has 1 N–H and O–H groups in total. The number of benzene rings is 2. The molecule has 0 fully saturated rings. The van der Waals surface area contributed by atoms with Crippen molar-refractivity contribution in [2.24, 2.45) is 0 Å². The highest BCUT2D eigenvalue weighted by atomic mass is 16.5. The molecule has 1 unspecified atom stereocenters. The van der Waals surface area contributed by atoms with E-state index in [0.29, 0.717) is 6.54 Å². The third-order valence-electron chi connectivity index (χ3n) is 4.18. The Hall–Kier alpha value is -2.88. The summed E-state index contributed by atoms with van der Waals surface area (Å²) in [5.41, 5.74) is 2.04. The van der Waals surface area contributed by atoms with Gasteiger partial charge in [-0.25, -0.2) is 0 Å². The molecular formula is C20H20N2O2. The van der Waals surface area contributed by atoms with Gasteiger partial charge in [0, 0.05) is 18.9 Å². The van der Waals surface area contributed by atoms with E-state index in [1.54, 1.807) is 19.5 Å². The average Bonchev–Trinajstić information content (AvgIpc) is 2.65. The predicted octanol–water partition coefficient (Wildman–Crippen LogP) is 3.66. The van der Waals surface area contributed by atoms with Gasteiger partial charge in [-0.3, -0.25) is 9.78 Å². The molecule has 0 bridgehead atoms. The van der Waals surface area contributed by atoms with Crippen molar-refractivity contribution >= 4 is 16.7 Å². The van der Waals surface area contributed by atoms with Gasteiger partial charge in [-0.1, -0.05) is 24.3 Å². The fourth-order valence-corrected chi connectivity index (χ4v) is 2.63. The lowest BCUT2D eigenvalue weighted by atomic mass is 9.97. The van der Waals surface area contributed by atoms with Gasteiger partial charge in [0.1, 0.15) is 5.75 Å². The van der Waals surface area contributed by atoms with E-state index in [2.05, 4.69) is 16.4 Å². The Balaban J connectivity index is 1.72. The number of hydrogen-bond acceptors (Lipinski definition) is 3. The van der Waals surface area contributed by atoms with Crippen LogP contribution in [0.1, 0.15) is 24.0 Å². The van der Waals surface area contributed by atoms with Gasteiger partial charge in [0.25, 0.3) is 0 Å². The summed E-state index contributed by atoms with van der Waals surface area (Å²) in [4.78, 5) is 16.4. The summed E-state index contributed by atoms with van der Waals surface area (Å²) in [6.07, 6.45) is 3.45. The highest BCUT2D eigenvalue weighted by molar-refractivity contribution is 5.88. The van der Waals surface area contributed by atoms with Crippen LogP contribution in [0, 0.1) is 0 Å². The standard InChI is InChI=1S/C20H20N2O2/c1-14(20(23)22-13-15-7-9-21-10-8-15)16-3-4-18-12-19(24-2)6-5-17(18)11-16/h3-12,14H,13H2,1-2H3,(H,22,23). The second kappa shape index (κ2) is 7.13. The van der Waals surface area contributed by atoms with Gasteiger partial charge >= 0.3 is 0 Å². The molecule has 0 saturated heterocycles. The molecule has 2 aromatic carbocycles. The zero-order valence-corrected chi connectivity index (χ0v) is 13.8. The Morgan fingerprint density at radius 2 is 1.79 bits per heavy atom. The van der Waals surface area contributed by atoms with Crippen molar-refractivity contribution in [1.29, 1.82) is 0 Å². The molecule has 1 heterocycles. The van der Waals surface area contributed by atoms with Crippen molar-refractivity contribution in [3.8, 4) is 5.75 Å². The van der Waals surface area contributed by atoms with Crippen molar-refractivity contribution < 1.29 is 9.53 Å². The van der Waals surface area contributed by atoms with E-state index in [1.165, 1.54) is 0 Å². The molecule has 3 aromatic rings. The number of carbonyl (C=O) groups excluding carboxylic acids is 1. The Morgan fingerprint density at radius 1 is 1.08 bits per heavy atom. The monoisotopic (exact) mass is 320 g/mol. The van der Waals surface area contributed by atoms with Crippen molar-refractivity contribution in [1.82, 2.24) is 10.3 Å². The number of amides is 1. The molecule has 4 nitrogen and oxygen atoms in total. The number of fused-ring (bicyclic) bond motifs is 1. The second-order valence-electron chi connectivity index (χ2n) is 5.77. The largest absolute Gasteiger partial charge is 0.497 e. The Bertz CT molecular complexity index is 847. The van der Waals surface area contributed by atoms with Gasteiger partial charge in [-0.2, -0.15) is 0 Å². The van der Waals surface area contributed by atoms with Gasteiger partial charge in [0.15, 0.2) is 0 Å². The van der Waals surface area contributed by atoms with E-state index in [9.17, 15) is 4.79 Å². The lowest BCUT2D eigenvalue weighted by Gasteiger charge is -2.14. The number of ether oxygens (including phenoxy) is 1. The minimum Gasteiger partial charge on any atom is -0.497 e. The van der Waals surface area contributed by atoms with E-state index in [-0.39, 0.29) is 11.8 Å². The van der Waals surface area contributed by atoms with E-state index < -0.39 is 0 Å². The van der Waals surface area contributed by atoms with Crippen molar-refractivity contribution in [2.45, 2.75) is 19.4 Å². The number of rotatable bonds is 5. The van der Waals surface area contributed by atoms with Crippen LogP contribution in [0.3, 0.4) is 0 Å². The van der Waals surface area contributed by atoms with E-state index in [1.807, 2.05) is 49.4 Å². The van der Waals surface area contributed by atoms with Crippen LogP contribution in [-0.4, -0.2) is 18.0 Å². The smallest absolute Gasteiger partial charge is 0.227 e. The summed E-state index contributed by atoms with van der Waals surface area (Å²) in [6, 6.07) is 15.8. The minimum absolute atomic E-state index is 0.0136. The molecule has 0 saturated carbocycles. The van der Waals surface area contributed by atoms with Crippen LogP contribution in [0.5, 0.6) is 5.75 Å². The molecule has 0 aliphatic carbocycles. The number of aromatic nitrogens is 1. The third-order valence-corrected chi connectivity index (χ3v) is 4.18. The van der Waals surface area contributed by atoms with Crippen LogP contribution < -0.4 is 10.1 Å². The van der Waals surface area contributed by atoms with Crippen LogP contribution in [0.15, 0.2) is 60.9 Å². The molecule has 1 aromatic heterocycles. The first-order valence-corrected chi connectivity index (χ1v) is 7.91. The van der Waals surface area contributed by atoms with Crippen molar-refractivity contribution in [2.75, 3.05) is 7.11 Å². The van der Waals surface area contributed by atoms with Gasteiger partial charge in [0.2, 0.25) is 5.91 Å². The number of nitrogens with one attached hydrogen (secondary N) is 1. The Kier molecular flexibility index (Phi) is 4.75. The SMILES string of the molecule is COc1ccc2cc(C(C)C(=O)NCc3ccncc3)ccc2c1. The summed E-state index contributed by atoms with van der Waals surface area (Å²) < 4.78 is 5.24. The second-order valence-corrected chi connectivity index (χ2v) is 5.77. The Morgan fingerprint density at radius 3 is 2.54 bits per heavy atom. The van der Waals surface area contributed by atoms with E-state index in [4.69, 9.17) is 4.74 Å². The van der Waals surface area contributed by atoms with E-state index >= 15 is 0 Å². The zero-order chi connectivity index (χ0) is 16.9. The lowest BCUT2D eigenvalue weighted by Crippen LogP contribution is -2.27. The molecule has 1 atom stereocenters. The number of pyridine rings is 1. The first-order valence-electron chi connectivity index (χ1n) is 7.91. The fraction of sp³-hybridized carbons (Fsp3) is 0.200. The molecule has 1 amide bonds. The quantitative estimate of drug-likeness (QED) is 0.780. The van der Waals surface area contributed by atoms with Crippen LogP contribution >= 0.6 is 0 Å². The minimum atomic E-state index is -0.210. The number of hydrogen-bond donors (Lipinski definition) is 1. The fourth-order valence-electron chi connectivity index (χ4n) is 2.63. The first kappa shape index (κ1) is 16.0. The summed E-state index contributed by atoms with van der Waals surface area (Å²) in [5.74, 6) is 0.636. The maximum Gasteiger partial charge on any atom is 0.227 e. The van der Waals surface area contributed by atoms with Crippen molar-refractivity contribution in [3.63, 3.8) is 0 Å². The highest BCUT2D eigenvalue weighted by Crippen LogP contribution is 2.25. The van der Waals surface area contributed by atoms with Crippen LogP contribution in [0.4, 0.5) is 0 Å². The summed E-state index contributed by atoms with van der Waals surface area (Å²) in [6.45, 7) is 2.43. The molecule has 4 heteroatoms. The topological polar surface area (TPSA) is 51.2 Å². The van der Waals surface area contributed by atoms with Gasteiger partial charge in [-0.05, 0) is 53.1 Å². The van der Waals surface area contributed by atoms with Crippen LogP contribution in [0.25, 0.3) is 10.8 Å². The summed E-state index contributed by atoms with van der Waals surface area (Å²) >= 11 is 0. The molecule has 0 aliphatic rings. The molecule has 3 rings (SSSR count). The molecular weight excluding hydrogens is 300 g/mol. The average molecular weight is 320 g/mol. The predicted molar refractivity (Wildman–Crippen MR) is 95.0 cm³/mol. The molecule has 0 spiro atoms. The highest BCUT2D eigenvalue weighted by Gasteiger charge is 2.15. The molecule has 122 valence electrons. The van der Waals surface area contributed by atoms with Gasteiger partial charge < -0.3 is 10.1 Å². The number of methoxy groups -OCH3 is 1. The number of carbonyl (C=O) groups is 1. The normalized spacial score (nSPS) is 11.9. The number of nitrogens with zero attached hydrogens (tertiary/aromatic N) is 1. The van der Waals surface area contributed by atoms with E-state index in [0.717, 1.165) is 27.6 Å². The van der Waals surface area contributed by atoms with Gasteiger partial charge in [-0.15, -0.1) is 0 Å².